The predicted molar refractivity (Wildman–Crippen MR) is 52.3 cm³/mol. The third kappa shape index (κ3) is 1.44. The normalized spacial score (nSPS) is 9.46. The van der Waals surface area contributed by atoms with Gasteiger partial charge in [0.25, 0.3) is 0 Å². The molecule has 2 rings (SSSR count). The third-order valence-electron chi connectivity index (χ3n) is 1.73. The number of hydrogen-bond donors (Lipinski definition) is 0. The molecule has 13 heavy (non-hydrogen) atoms. The molecule has 0 bridgehead atoms. The number of pyridine rings is 1. The molecule has 3 heteroatoms. The van der Waals surface area contributed by atoms with Gasteiger partial charge in [0.15, 0.2) is 0 Å². The first kappa shape index (κ1) is 7.96. The van der Waals surface area contributed by atoms with Gasteiger partial charge in [-0.1, -0.05) is 6.07 Å². The molecule has 0 radical (unpaired) electrons. The number of rotatable bonds is 1. The van der Waals surface area contributed by atoms with Crippen molar-refractivity contribution in [1.29, 1.82) is 5.26 Å². The molecule has 2 aromatic rings. The van der Waals surface area contributed by atoms with Gasteiger partial charge < -0.3 is 0 Å². The maximum Gasteiger partial charge on any atom is 0.0999 e. The lowest BCUT2D eigenvalue weighted by atomic mass is 10.1. The average molecular weight is 186 g/mol. The molecule has 62 valence electrons. The summed E-state index contributed by atoms with van der Waals surface area (Å²) < 4.78 is 0. The van der Waals surface area contributed by atoms with E-state index in [1.54, 1.807) is 29.8 Å². The Kier molecular flexibility index (Phi) is 2.07. The summed E-state index contributed by atoms with van der Waals surface area (Å²) in [4.78, 5) is 5.09. The fourth-order valence-corrected chi connectivity index (χ4v) is 1.87. The first-order valence-corrected chi connectivity index (χ1v) is 4.68. The second-order valence-corrected chi connectivity index (χ2v) is 3.46. The molecule has 0 spiro atoms. The van der Waals surface area contributed by atoms with Gasteiger partial charge >= 0.3 is 0 Å². The largest absolute Gasteiger partial charge is 0.264 e. The fraction of sp³-hybridized carbons (Fsp3) is 0. The number of thiophene rings is 1. The molecule has 0 aromatic carbocycles. The molecule has 2 aromatic heterocycles. The fourth-order valence-electron chi connectivity index (χ4n) is 1.12. The van der Waals surface area contributed by atoms with Crippen molar-refractivity contribution in [2.45, 2.75) is 0 Å². The van der Waals surface area contributed by atoms with E-state index in [-0.39, 0.29) is 0 Å². The third-order valence-corrected chi connectivity index (χ3v) is 2.63. The van der Waals surface area contributed by atoms with Gasteiger partial charge in [-0.15, -0.1) is 11.3 Å². The number of nitriles is 1. The van der Waals surface area contributed by atoms with Gasteiger partial charge in [-0.3, -0.25) is 4.98 Å². The average Bonchev–Trinajstić information content (AvgIpc) is 2.70. The van der Waals surface area contributed by atoms with Crippen LogP contribution < -0.4 is 0 Å². The summed E-state index contributed by atoms with van der Waals surface area (Å²) in [6, 6.07) is 7.84. The molecule has 0 aliphatic rings. The molecule has 0 saturated heterocycles. The van der Waals surface area contributed by atoms with Crippen LogP contribution in [0.25, 0.3) is 10.4 Å². The van der Waals surface area contributed by atoms with Crippen LogP contribution in [-0.2, 0) is 0 Å². The molecule has 0 atom stereocenters. The second-order valence-electron chi connectivity index (χ2n) is 2.51. The van der Waals surface area contributed by atoms with Crippen LogP contribution in [-0.4, -0.2) is 4.98 Å². The molecular weight excluding hydrogens is 180 g/mol. The summed E-state index contributed by atoms with van der Waals surface area (Å²) in [6.45, 7) is 0. The van der Waals surface area contributed by atoms with Crippen molar-refractivity contribution in [2.75, 3.05) is 0 Å². The monoisotopic (exact) mass is 186 g/mol. The van der Waals surface area contributed by atoms with Crippen LogP contribution in [0.15, 0.2) is 36.0 Å². The molecule has 0 saturated carbocycles. The Hall–Kier alpha value is -1.66. The molecule has 2 nitrogen and oxygen atoms in total. The van der Waals surface area contributed by atoms with Crippen molar-refractivity contribution in [2.24, 2.45) is 0 Å². The topological polar surface area (TPSA) is 36.7 Å². The van der Waals surface area contributed by atoms with Crippen LogP contribution in [0.2, 0.25) is 0 Å². The number of aromatic nitrogens is 1. The smallest absolute Gasteiger partial charge is 0.0999 e. The van der Waals surface area contributed by atoms with E-state index in [1.165, 1.54) is 0 Å². The van der Waals surface area contributed by atoms with Gasteiger partial charge in [-0.2, -0.15) is 5.26 Å². The zero-order chi connectivity index (χ0) is 9.10. The van der Waals surface area contributed by atoms with Gasteiger partial charge in [-0.25, -0.2) is 0 Å². The summed E-state index contributed by atoms with van der Waals surface area (Å²) in [5, 5.41) is 10.8. The van der Waals surface area contributed by atoms with Crippen molar-refractivity contribution in [3.05, 3.63) is 41.5 Å². The number of hydrogen-bond acceptors (Lipinski definition) is 3. The first-order valence-electron chi connectivity index (χ1n) is 3.80. The zero-order valence-corrected chi connectivity index (χ0v) is 7.58. The number of nitrogens with zero attached hydrogens (tertiary/aromatic N) is 2. The molecule has 0 unspecified atom stereocenters. The lowest BCUT2D eigenvalue weighted by molar-refractivity contribution is 1.32. The Morgan fingerprint density at radius 3 is 3.00 bits per heavy atom. The maximum absolute atomic E-state index is 8.84. The molecule has 0 aliphatic heterocycles. The molecule has 0 fully saturated rings. The van der Waals surface area contributed by atoms with Crippen molar-refractivity contribution in [3.63, 3.8) is 0 Å². The van der Waals surface area contributed by atoms with Crippen molar-refractivity contribution >= 4 is 11.3 Å². The van der Waals surface area contributed by atoms with E-state index in [9.17, 15) is 0 Å². The van der Waals surface area contributed by atoms with E-state index in [0.717, 1.165) is 10.4 Å². The summed E-state index contributed by atoms with van der Waals surface area (Å²) in [5.74, 6) is 0. The lowest BCUT2D eigenvalue weighted by Crippen LogP contribution is -1.82. The quantitative estimate of drug-likeness (QED) is 0.686. The van der Waals surface area contributed by atoms with Crippen molar-refractivity contribution < 1.29 is 0 Å². The molecule has 0 N–H and O–H groups in total. The van der Waals surface area contributed by atoms with Gasteiger partial charge in [0.1, 0.15) is 0 Å². The summed E-state index contributed by atoms with van der Waals surface area (Å²) in [5.41, 5.74) is 1.59. The van der Waals surface area contributed by atoms with Gasteiger partial charge in [0.2, 0.25) is 0 Å². The Morgan fingerprint density at radius 1 is 1.38 bits per heavy atom. The van der Waals surface area contributed by atoms with Crippen LogP contribution >= 0.6 is 11.3 Å². The summed E-state index contributed by atoms with van der Waals surface area (Å²) in [6.07, 6.45) is 3.36. The van der Waals surface area contributed by atoms with Gasteiger partial charge in [-0.05, 0) is 17.5 Å². The molecular formula is C10H6N2S. The van der Waals surface area contributed by atoms with E-state index >= 15 is 0 Å². The van der Waals surface area contributed by atoms with E-state index in [4.69, 9.17) is 5.26 Å². The van der Waals surface area contributed by atoms with E-state index in [1.807, 2.05) is 17.5 Å². The molecule has 2 heterocycles. The van der Waals surface area contributed by atoms with Gasteiger partial charge in [0, 0.05) is 22.8 Å². The van der Waals surface area contributed by atoms with E-state index < -0.39 is 0 Å². The Labute approximate surface area is 80.1 Å². The zero-order valence-electron chi connectivity index (χ0n) is 6.77. The van der Waals surface area contributed by atoms with Crippen molar-refractivity contribution in [3.8, 4) is 16.5 Å². The Morgan fingerprint density at radius 2 is 2.31 bits per heavy atom. The van der Waals surface area contributed by atoms with Crippen molar-refractivity contribution in [1.82, 2.24) is 4.98 Å². The lowest BCUT2D eigenvalue weighted by Gasteiger charge is -1.97. The minimum absolute atomic E-state index is 0.678. The van der Waals surface area contributed by atoms with E-state index in [0.29, 0.717) is 5.56 Å². The highest BCUT2D eigenvalue weighted by molar-refractivity contribution is 7.13. The maximum atomic E-state index is 8.84. The Balaban J connectivity index is 2.59. The highest BCUT2D eigenvalue weighted by atomic mass is 32.1. The minimum Gasteiger partial charge on any atom is -0.264 e. The first-order chi connectivity index (χ1) is 6.42. The minimum atomic E-state index is 0.678. The Bertz CT molecular complexity index is 440. The summed E-state index contributed by atoms with van der Waals surface area (Å²) >= 11 is 1.61. The summed E-state index contributed by atoms with van der Waals surface area (Å²) in [7, 11) is 0. The highest BCUT2D eigenvalue weighted by Crippen LogP contribution is 2.26. The van der Waals surface area contributed by atoms with Gasteiger partial charge in [0.05, 0.1) is 11.6 Å². The van der Waals surface area contributed by atoms with Crippen LogP contribution in [0, 0.1) is 11.3 Å². The second kappa shape index (κ2) is 3.38. The van der Waals surface area contributed by atoms with Crippen LogP contribution in [0.4, 0.5) is 0 Å². The molecule has 0 amide bonds. The van der Waals surface area contributed by atoms with Crippen LogP contribution in [0.3, 0.4) is 0 Å². The standard InChI is InChI=1S/C10H6N2S/c11-6-8-3-4-12-7-9(8)10-2-1-5-13-10/h1-5,7H. The van der Waals surface area contributed by atoms with Crippen LogP contribution in [0.5, 0.6) is 0 Å². The predicted octanol–water partition coefficient (Wildman–Crippen LogP) is 2.68. The highest BCUT2D eigenvalue weighted by Gasteiger charge is 2.04. The van der Waals surface area contributed by atoms with E-state index in [2.05, 4.69) is 11.1 Å². The van der Waals surface area contributed by atoms with Crippen LogP contribution in [0.1, 0.15) is 5.56 Å². The molecule has 0 aliphatic carbocycles. The SMILES string of the molecule is N#Cc1ccncc1-c1cccs1.